The first-order chi connectivity index (χ1) is 13.7. The molecule has 2 N–H and O–H groups in total. The Balaban J connectivity index is 1.49. The molecule has 0 unspecified atom stereocenters. The lowest BCUT2D eigenvalue weighted by Gasteiger charge is -2.11. The molecule has 3 aromatic rings. The molecule has 0 aliphatic carbocycles. The Labute approximate surface area is 163 Å². The monoisotopic (exact) mass is 380 g/mol. The summed E-state index contributed by atoms with van der Waals surface area (Å²) in [4.78, 5) is 12.1. The number of benzene rings is 3. The van der Waals surface area contributed by atoms with Crippen molar-refractivity contribution in [1.29, 1.82) is 0 Å². The van der Waals surface area contributed by atoms with Gasteiger partial charge in [0, 0.05) is 23.5 Å². The molecule has 6 heteroatoms. The van der Waals surface area contributed by atoms with Crippen LogP contribution in [0.3, 0.4) is 0 Å². The number of para-hydroxylation sites is 2. The van der Waals surface area contributed by atoms with Crippen LogP contribution in [0.25, 0.3) is 0 Å². The van der Waals surface area contributed by atoms with E-state index in [4.69, 9.17) is 9.47 Å². The Bertz CT molecular complexity index is 929. The van der Waals surface area contributed by atoms with Crippen molar-refractivity contribution in [2.75, 3.05) is 24.4 Å². The van der Waals surface area contributed by atoms with Gasteiger partial charge in [0.05, 0.1) is 7.11 Å². The quantitative estimate of drug-likeness (QED) is 0.606. The molecule has 0 heterocycles. The summed E-state index contributed by atoms with van der Waals surface area (Å²) in [5.41, 5.74) is 2.06. The van der Waals surface area contributed by atoms with Crippen LogP contribution in [-0.2, 0) is 11.3 Å². The van der Waals surface area contributed by atoms with E-state index in [9.17, 15) is 9.18 Å². The number of hydrogen-bond acceptors (Lipinski definition) is 4. The topological polar surface area (TPSA) is 59.6 Å². The summed E-state index contributed by atoms with van der Waals surface area (Å²) in [5.74, 6) is 0.556. The molecule has 0 bridgehead atoms. The van der Waals surface area contributed by atoms with Crippen LogP contribution in [0.1, 0.15) is 5.56 Å². The van der Waals surface area contributed by atoms with Crippen LogP contribution in [0.4, 0.5) is 15.8 Å². The average Bonchev–Trinajstić information content (AvgIpc) is 2.73. The van der Waals surface area contributed by atoms with Crippen molar-refractivity contribution < 1.29 is 18.7 Å². The van der Waals surface area contributed by atoms with Crippen molar-refractivity contribution in [2.45, 2.75) is 6.54 Å². The molecule has 0 aromatic heterocycles. The Hall–Kier alpha value is -3.54. The Morgan fingerprint density at radius 2 is 1.54 bits per heavy atom. The first-order valence-corrected chi connectivity index (χ1v) is 8.79. The van der Waals surface area contributed by atoms with E-state index in [0.29, 0.717) is 29.3 Å². The summed E-state index contributed by atoms with van der Waals surface area (Å²) < 4.78 is 24.3. The lowest BCUT2D eigenvalue weighted by atomic mass is 10.2. The number of hydrogen-bond donors (Lipinski definition) is 2. The second-order valence-electron chi connectivity index (χ2n) is 6.01. The summed E-state index contributed by atoms with van der Waals surface area (Å²) in [7, 11) is 1.55. The highest BCUT2D eigenvalue weighted by Gasteiger charge is 2.07. The molecule has 0 spiro atoms. The number of nitrogens with one attached hydrogen (secondary N) is 2. The van der Waals surface area contributed by atoms with Crippen molar-refractivity contribution >= 4 is 17.3 Å². The molecule has 0 saturated heterocycles. The summed E-state index contributed by atoms with van der Waals surface area (Å²) in [6, 6.07) is 20.9. The Morgan fingerprint density at radius 1 is 0.893 bits per heavy atom. The maximum absolute atomic E-state index is 13.6. The summed E-state index contributed by atoms with van der Waals surface area (Å²) >= 11 is 0. The smallest absolute Gasteiger partial charge is 0.262 e. The van der Waals surface area contributed by atoms with Gasteiger partial charge in [-0.2, -0.15) is 0 Å². The van der Waals surface area contributed by atoms with Crippen LogP contribution in [-0.4, -0.2) is 19.6 Å². The minimum Gasteiger partial charge on any atom is -0.493 e. The van der Waals surface area contributed by atoms with Gasteiger partial charge in [-0.05, 0) is 42.5 Å². The van der Waals surface area contributed by atoms with Crippen LogP contribution >= 0.6 is 0 Å². The number of methoxy groups -OCH3 is 1. The third-order valence-corrected chi connectivity index (χ3v) is 4.04. The average molecular weight is 380 g/mol. The van der Waals surface area contributed by atoms with Crippen molar-refractivity contribution in [3.05, 3.63) is 84.2 Å². The van der Waals surface area contributed by atoms with E-state index in [2.05, 4.69) is 10.6 Å². The molecule has 0 radical (unpaired) electrons. The van der Waals surface area contributed by atoms with Crippen molar-refractivity contribution in [1.82, 2.24) is 0 Å². The summed E-state index contributed by atoms with van der Waals surface area (Å²) in [6.45, 7) is 0.249. The number of rotatable bonds is 8. The molecule has 0 saturated carbocycles. The van der Waals surface area contributed by atoms with Gasteiger partial charge < -0.3 is 20.1 Å². The highest BCUT2D eigenvalue weighted by Crippen LogP contribution is 2.25. The van der Waals surface area contributed by atoms with Gasteiger partial charge in [0.1, 0.15) is 5.82 Å². The molecule has 144 valence electrons. The molecular formula is C22H21FN2O3. The lowest BCUT2D eigenvalue weighted by molar-refractivity contribution is -0.118. The lowest BCUT2D eigenvalue weighted by Crippen LogP contribution is -2.20. The van der Waals surface area contributed by atoms with Crippen LogP contribution in [0, 0.1) is 5.82 Å². The number of anilines is 2. The van der Waals surface area contributed by atoms with E-state index in [1.165, 1.54) is 6.07 Å². The van der Waals surface area contributed by atoms with E-state index in [0.717, 1.165) is 5.69 Å². The van der Waals surface area contributed by atoms with E-state index >= 15 is 0 Å². The maximum Gasteiger partial charge on any atom is 0.262 e. The minimum absolute atomic E-state index is 0.131. The predicted molar refractivity (Wildman–Crippen MR) is 107 cm³/mol. The van der Waals surface area contributed by atoms with Crippen LogP contribution in [0.15, 0.2) is 72.8 Å². The second kappa shape index (κ2) is 9.41. The molecule has 0 fully saturated rings. The molecule has 0 aliphatic heterocycles. The molecule has 3 rings (SSSR count). The fraction of sp³-hybridized carbons (Fsp3) is 0.136. The molecule has 5 nitrogen and oxygen atoms in total. The summed E-state index contributed by atoms with van der Waals surface area (Å²) in [6.07, 6.45) is 0. The van der Waals surface area contributed by atoms with Gasteiger partial charge in [-0.25, -0.2) is 4.39 Å². The van der Waals surface area contributed by atoms with Gasteiger partial charge in [0.25, 0.3) is 5.91 Å². The normalized spacial score (nSPS) is 10.2. The molecular weight excluding hydrogens is 359 g/mol. The van der Waals surface area contributed by atoms with Gasteiger partial charge >= 0.3 is 0 Å². The Kier molecular flexibility index (Phi) is 6.46. The number of amides is 1. The third kappa shape index (κ3) is 5.23. The number of ether oxygens (including phenoxy) is 2. The molecule has 0 atom stereocenters. The van der Waals surface area contributed by atoms with Crippen molar-refractivity contribution in [2.24, 2.45) is 0 Å². The van der Waals surface area contributed by atoms with Crippen molar-refractivity contribution in [3.8, 4) is 11.5 Å². The standard InChI is InChI=1S/C22H21FN2O3/c1-27-20-8-4-5-9-21(20)28-15-22(26)25-18-12-10-17(11-13-18)24-14-16-6-2-3-7-19(16)23/h2-13,24H,14-15H2,1H3,(H,25,26). The fourth-order valence-electron chi connectivity index (χ4n) is 2.59. The van der Waals surface area contributed by atoms with Crippen LogP contribution < -0.4 is 20.1 Å². The van der Waals surface area contributed by atoms with Crippen LogP contribution in [0.2, 0.25) is 0 Å². The van der Waals surface area contributed by atoms with Gasteiger partial charge in [0.15, 0.2) is 18.1 Å². The molecule has 3 aromatic carbocycles. The van der Waals surface area contributed by atoms with E-state index in [1.54, 1.807) is 49.6 Å². The van der Waals surface area contributed by atoms with Gasteiger partial charge in [-0.1, -0.05) is 30.3 Å². The zero-order valence-electron chi connectivity index (χ0n) is 15.4. The number of carbonyl (C=O) groups excluding carboxylic acids is 1. The zero-order chi connectivity index (χ0) is 19.8. The van der Waals surface area contributed by atoms with Crippen molar-refractivity contribution in [3.63, 3.8) is 0 Å². The Morgan fingerprint density at radius 3 is 2.25 bits per heavy atom. The first kappa shape index (κ1) is 19.2. The number of halogens is 1. The first-order valence-electron chi connectivity index (χ1n) is 8.79. The van der Waals surface area contributed by atoms with Crippen LogP contribution in [0.5, 0.6) is 11.5 Å². The molecule has 28 heavy (non-hydrogen) atoms. The van der Waals surface area contributed by atoms with Gasteiger partial charge in [-0.15, -0.1) is 0 Å². The summed E-state index contributed by atoms with van der Waals surface area (Å²) in [5, 5.41) is 5.92. The second-order valence-corrected chi connectivity index (χ2v) is 6.01. The van der Waals surface area contributed by atoms with E-state index in [1.807, 2.05) is 24.3 Å². The minimum atomic E-state index is -0.280. The highest BCUT2D eigenvalue weighted by atomic mass is 19.1. The SMILES string of the molecule is COc1ccccc1OCC(=O)Nc1ccc(NCc2ccccc2F)cc1. The van der Waals surface area contributed by atoms with E-state index in [-0.39, 0.29) is 18.3 Å². The molecule has 0 aliphatic rings. The largest absolute Gasteiger partial charge is 0.493 e. The predicted octanol–water partition coefficient (Wildman–Crippen LogP) is 4.46. The van der Waals surface area contributed by atoms with Gasteiger partial charge in [0.2, 0.25) is 0 Å². The van der Waals surface area contributed by atoms with E-state index < -0.39 is 0 Å². The maximum atomic E-state index is 13.6. The number of carbonyl (C=O) groups is 1. The fourth-order valence-corrected chi connectivity index (χ4v) is 2.59. The third-order valence-electron chi connectivity index (χ3n) is 4.04. The van der Waals surface area contributed by atoms with Gasteiger partial charge in [-0.3, -0.25) is 4.79 Å². The molecule has 1 amide bonds. The zero-order valence-corrected chi connectivity index (χ0v) is 15.4. The highest BCUT2D eigenvalue weighted by molar-refractivity contribution is 5.92.